The van der Waals surface area contributed by atoms with Crippen LogP contribution in [0.3, 0.4) is 0 Å². The summed E-state index contributed by atoms with van der Waals surface area (Å²) in [5.41, 5.74) is 2.22. The molecule has 2 heteroatoms. The number of ketones is 1. The maximum atomic E-state index is 11.8. The summed E-state index contributed by atoms with van der Waals surface area (Å²) in [5.74, 6) is 0.503. The second-order valence-electron chi connectivity index (χ2n) is 4.13. The van der Waals surface area contributed by atoms with Crippen LogP contribution < -0.4 is 0 Å². The minimum Gasteiger partial charge on any atom is -0.472 e. The van der Waals surface area contributed by atoms with Gasteiger partial charge in [-0.2, -0.15) is 0 Å². The van der Waals surface area contributed by atoms with Crippen molar-refractivity contribution in [3.63, 3.8) is 0 Å². The highest BCUT2D eigenvalue weighted by Crippen LogP contribution is 2.31. The number of carbonyl (C=O) groups excluding carboxylic acids is 1. The molecule has 0 radical (unpaired) electrons. The molecule has 1 fully saturated rings. The summed E-state index contributed by atoms with van der Waals surface area (Å²) < 4.78 is 5.14. The summed E-state index contributed by atoms with van der Waals surface area (Å²) >= 11 is 0. The monoisotopic (exact) mass is 192 g/mol. The van der Waals surface area contributed by atoms with Crippen LogP contribution in [0, 0.1) is 6.92 Å². The average molecular weight is 192 g/mol. The van der Waals surface area contributed by atoms with Gasteiger partial charge in [-0.3, -0.25) is 4.79 Å². The Hall–Kier alpha value is -1.05. The minimum absolute atomic E-state index is 0.108. The zero-order chi connectivity index (χ0) is 9.97. The second-order valence-corrected chi connectivity index (χ2v) is 4.13. The molecule has 0 aromatic carbocycles. The number of carbonyl (C=O) groups is 1. The van der Waals surface area contributed by atoms with Crippen molar-refractivity contribution in [1.82, 2.24) is 0 Å². The number of Topliss-reactive ketones (excluding diaryl/α,β-unsaturated/α-hetero) is 1. The lowest BCUT2D eigenvalue weighted by atomic mass is 9.90. The average Bonchev–Trinajstić information content (AvgIpc) is 2.46. The van der Waals surface area contributed by atoms with Crippen molar-refractivity contribution >= 4 is 5.78 Å². The van der Waals surface area contributed by atoms with Gasteiger partial charge < -0.3 is 4.42 Å². The van der Waals surface area contributed by atoms with E-state index in [0.29, 0.717) is 5.78 Å². The van der Waals surface area contributed by atoms with E-state index in [9.17, 15) is 4.79 Å². The van der Waals surface area contributed by atoms with Gasteiger partial charge >= 0.3 is 0 Å². The first-order valence-corrected chi connectivity index (χ1v) is 5.34. The quantitative estimate of drug-likeness (QED) is 0.639. The molecular formula is C12H16O2. The lowest BCUT2D eigenvalue weighted by Crippen LogP contribution is -2.10. The molecule has 1 heterocycles. The fourth-order valence-electron chi connectivity index (χ4n) is 2.22. The standard InChI is InChI=1S/C12H16O2/c1-9-7-14-8-11(9)10-5-3-2-4-6-12(10)13/h7-8,10H,2-6H2,1H3. The Balaban J connectivity index is 2.23. The predicted molar refractivity (Wildman–Crippen MR) is 54.3 cm³/mol. The molecule has 76 valence electrons. The summed E-state index contributed by atoms with van der Waals surface area (Å²) in [7, 11) is 0. The predicted octanol–water partition coefficient (Wildman–Crippen LogP) is 3.20. The van der Waals surface area contributed by atoms with Gasteiger partial charge in [0.2, 0.25) is 0 Å². The van der Waals surface area contributed by atoms with Crippen LogP contribution in [0.5, 0.6) is 0 Å². The Morgan fingerprint density at radius 2 is 2.14 bits per heavy atom. The largest absolute Gasteiger partial charge is 0.472 e. The van der Waals surface area contributed by atoms with Gasteiger partial charge in [-0.15, -0.1) is 0 Å². The molecule has 1 saturated carbocycles. The molecule has 0 N–H and O–H groups in total. The molecule has 0 amide bonds. The van der Waals surface area contributed by atoms with Gasteiger partial charge in [0.1, 0.15) is 5.78 Å². The van der Waals surface area contributed by atoms with Crippen LogP contribution in [0.1, 0.15) is 49.1 Å². The molecule has 14 heavy (non-hydrogen) atoms. The third kappa shape index (κ3) is 1.74. The Kier molecular flexibility index (Phi) is 2.71. The molecule has 0 spiro atoms. The molecule has 1 aliphatic carbocycles. The first-order chi connectivity index (χ1) is 6.79. The van der Waals surface area contributed by atoms with Crippen LogP contribution in [0.4, 0.5) is 0 Å². The van der Waals surface area contributed by atoms with E-state index in [-0.39, 0.29) is 5.92 Å². The highest BCUT2D eigenvalue weighted by molar-refractivity contribution is 5.86. The number of aryl methyl sites for hydroxylation is 1. The lowest BCUT2D eigenvalue weighted by molar-refractivity contribution is -0.120. The SMILES string of the molecule is Cc1cocc1C1CCCCCC1=O. The van der Waals surface area contributed by atoms with E-state index >= 15 is 0 Å². The summed E-state index contributed by atoms with van der Waals surface area (Å²) in [5, 5.41) is 0. The van der Waals surface area contributed by atoms with E-state index in [1.54, 1.807) is 12.5 Å². The van der Waals surface area contributed by atoms with Crippen molar-refractivity contribution < 1.29 is 9.21 Å². The number of rotatable bonds is 1. The van der Waals surface area contributed by atoms with Crippen molar-refractivity contribution in [1.29, 1.82) is 0 Å². The molecule has 1 aromatic heterocycles. The first-order valence-electron chi connectivity index (χ1n) is 5.34. The molecule has 1 atom stereocenters. The molecule has 1 unspecified atom stereocenters. The second kappa shape index (κ2) is 3.99. The smallest absolute Gasteiger partial charge is 0.140 e. The summed E-state index contributed by atoms with van der Waals surface area (Å²) in [6, 6.07) is 0. The van der Waals surface area contributed by atoms with Crippen LogP contribution in [0.2, 0.25) is 0 Å². The van der Waals surface area contributed by atoms with E-state index in [4.69, 9.17) is 4.42 Å². The van der Waals surface area contributed by atoms with Crippen LogP contribution in [-0.2, 0) is 4.79 Å². The van der Waals surface area contributed by atoms with Gasteiger partial charge in [0.05, 0.1) is 12.5 Å². The minimum atomic E-state index is 0.108. The molecule has 1 aromatic rings. The van der Waals surface area contributed by atoms with Crippen LogP contribution >= 0.6 is 0 Å². The lowest BCUT2D eigenvalue weighted by Gasteiger charge is -2.11. The van der Waals surface area contributed by atoms with Gasteiger partial charge in [-0.05, 0) is 25.3 Å². The third-order valence-electron chi connectivity index (χ3n) is 3.08. The Morgan fingerprint density at radius 1 is 1.29 bits per heavy atom. The highest BCUT2D eigenvalue weighted by Gasteiger charge is 2.24. The van der Waals surface area contributed by atoms with Gasteiger partial charge in [0.15, 0.2) is 0 Å². The van der Waals surface area contributed by atoms with E-state index in [1.165, 1.54) is 12.8 Å². The molecule has 0 aliphatic heterocycles. The molecule has 0 saturated heterocycles. The number of furan rings is 1. The zero-order valence-corrected chi connectivity index (χ0v) is 8.58. The van der Waals surface area contributed by atoms with Gasteiger partial charge in [0.25, 0.3) is 0 Å². The van der Waals surface area contributed by atoms with E-state index < -0.39 is 0 Å². The Bertz CT molecular complexity index is 325. The van der Waals surface area contributed by atoms with Gasteiger partial charge in [-0.1, -0.05) is 12.8 Å². The van der Waals surface area contributed by atoms with Crippen LogP contribution in [-0.4, -0.2) is 5.78 Å². The maximum Gasteiger partial charge on any atom is 0.140 e. The molecule has 1 aliphatic rings. The van der Waals surface area contributed by atoms with Crippen LogP contribution in [0.15, 0.2) is 16.9 Å². The number of hydrogen-bond donors (Lipinski definition) is 0. The maximum absolute atomic E-state index is 11.8. The Labute approximate surface area is 84.3 Å². The van der Waals surface area contributed by atoms with Crippen molar-refractivity contribution in [2.24, 2.45) is 0 Å². The fourth-order valence-corrected chi connectivity index (χ4v) is 2.22. The van der Waals surface area contributed by atoms with E-state index in [1.807, 2.05) is 6.92 Å². The molecule has 2 rings (SSSR count). The Morgan fingerprint density at radius 3 is 2.86 bits per heavy atom. The summed E-state index contributed by atoms with van der Waals surface area (Å²) in [4.78, 5) is 11.8. The topological polar surface area (TPSA) is 30.2 Å². The highest BCUT2D eigenvalue weighted by atomic mass is 16.3. The van der Waals surface area contributed by atoms with Crippen molar-refractivity contribution in [2.75, 3.05) is 0 Å². The molecule has 0 bridgehead atoms. The summed E-state index contributed by atoms with van der Waals surface area (Å²) in [6.07, 6.45) is 8.64. The third-order valence-corrected chi connectivity index (χ3v) is 3.08. The van der Waals surface area contributed by atoms with Crippen LogP contribution in [0.25, 0.3) is 0 Å². The van der Waals surface area contributed by atoms with E-state index in [0.717, 1.165) is 30.4 Å². The summed E-state index contributed by atoms with van der Waals surface area (Å²) in [6.45, 7) is 2.01. The molecule has 2 nitrogen and oxygen atoms in total. The van der Waals surface area contributed by atoms with Gasteiger partial charge in [-0.25, -0.2) is 0 Å². The molecular weight excluding hydrogens is 176 g/mol. The van der Waals surface area contributed by atoms with Crippen molar-refractivity contribution in [2.45, 2.75) is 44.9 Å². The fraction of sp³-hybridized carbons (Fsp3) is 0.583. The first kappa shape index (κ1) is 9.50. The zero-order valence-electron chi connectivity index (χ0n) is 8.58. The van der Waals surface area contributed by atoms with Crippen molar-refractivity contribution in [3.8, 4) is 0 Å². The van der Waals surface area contributed by atoms with Crippen molar-refractivity contribution in [3.05, 3.63) is 23.7 Å². The van der Waals surface area contributed by atoms with E-state index in [2.05, 4.69) is 0 Å². The normalized spacial score (nSPS) is 23.5. The van der Waals surface area contributed by atoms with Gasteiger partial charge in [0, 0.05) is 17.9 Å². The number of hydrogen-bond acceptors (Lipinski definition) is 2.